The summed E-state index contributed by atoms with van der Waals surface area (Å²) < 4.78 is 4.96. The summed E-state index contributed by atoms with van der Waals surface area (Å²) >= 11 is 6.19. The molecule has 0 fully saturated rings. The molecule has 2 aromatic rings. The highest BCUT2D eigenvalue weighted by atomic mass is 35.5. The second-order valence-electron chi connectivity index (χ2n) is 4.26. The van der Waals surface area contributed by atoms with Gasteiger partial charge in [0, 0.05) is 12.5 Å². The zero-order valence-electron chi connectivity index (χ0n) is 10.9. The van der Waals surface area contributed by atoms with Crippen LogP contribution in [0.25, 0.3) is 0 Å². The highest BCUT2D eigenvalue weighted by Gasteiger charge is 2.19. The van der Waals surface area contributed by atoms with Crippen LogP contribution in [0, 0.1) is 0 Å². The molecule has 0 saturated heterocycles. The van der Waals surface area contributed by atoms with E-state index in [1.54, 1.807) is 30.3 Å². The van der Waals surface area contributed by atoms with Gasteiger partial charge in [0.05, 0.1) is 0 Å². The maximum Gasteiger partial charge on any atom is 0.308 e. The van der Waals surface area contributed by atoms with Crippen molar-refractivity contribution >= 4 is 23.4 Å². The number of ketones is 1. The van der Waals surface area contributed by atoms with Crippen molar-refractivity contribution in [2.24, 2.45) is 0 Å². The van der Waals surface area contributed by atoms with E-state index < -0.39 is 11.3 Å². The van der Waals surface area contributed by atoms with Gasteiger partial charge in [0.1, 0.15) is 11.1 Å². The monoisotopic (exact) mass is 288 g/mol. The summed E-state index contributed by atoms with van der Waals surface area (Å²) in [5.74, 6) is -0.327. The molecule has 0 aromatic heterocycles. The second kappa shape index (κ2) is 6.35. The van der Waals surface area contributed by atoms with Crippen LogP contribution in [0.4, 0.5) is 0 Å². The van der Waals surface area contributed by atoms with E-state index in [9.17, 15) is 9.59 Å². The number of ether oxygens (including phenoxy) is 1. The summed E-state index contributed by atoms with van der Waals surface area (Å²) in [7, 11) is 0. The molecule has 20 heavy (non-hydrogen) atoms. The number of carbonyl (C=O) groups excluding carboxylic acids is 2. The summed E-state index contributed by atoms with van der Waals surface area (Å²) in [4.78, 5) is 23.2. The van der Waals surface area contributed by atoms with Gasteiger partial charge in [-0.2, -0.15) is 0 Å². The van der Waals surface area contributed by atoms with Gasteiger partial charge < -0.3 is 4.74 Å². The smallest absolute Gasteiger partial charge is 0.308 e. The molecule has 0 radical (unpaired) electrons. The Balaban J connectivity index is 2.23. The zero-order valence-corrected chi connectivity index (χ0v) is 11.6. The lowest BCUT2D eigenvalue weighted by atomic mass is 10.0. The van der Waals surface area contributed by atoms with Gasteiger partial charge in [0.25, 0.3) is 0 Å². The highest BCUT2D eigenvalue weighted by molar-refractivity contribution is 6.33. The molecule has 2 aromatic carbocycles. The molecule has 2 rings (SSSR count). The molecule has 0 heterocycles. The number of alkyl halides is 1. The third kappa shape index (κ3) is 3.45. The van der Waals surface area contributed by atoms with E-state index in [0.29, 0.717) is 11.3 Å². The molecule has 0 aliphatic heterocycles. The van der Waals surface area contributed by atoms with E-state index in [0.717, 1.165) is 5.56 Å². The van der Waals surface area contributed by atoms with E-state index in [4.69, 9.17) is 16.3 Å². The molecule has 0 amide bonds. The molecule has 0 bridgehead atoms. The van der Waals surface area contributed by atoms with Crippen molar-refractivity contribution in [3.05, 3.63) is 65.7 Å². The van der Waals surface area contributed by atoms with Crippen molar-refractivity contribution < 1.29 is 14.3 Å². The van der Waals surface area contributed by atoms with Gasteiger partial charge in [0.15, 0.2) is 5.78 Å². The zero-order chi connectivity index (χ0) is 14.5. The number of Topliss-reactive ketones (excluding diaryl/α,β-unsaturated/α-hetero) is 1. The summed E-state index contributed by atoms with van der Waals surface area (Å²) in [5, 5.41) is -0.760. The van der Waals surface area contributed by atoms with E-state index in [1.165, 1.54) is 13.0 Å². The minimum Gasteiger partial charge on any atom is -0.427 e. The van der Waals surface area contributed by atoms with Crippen molar-refractivity contribution in [1.82, 2.24) is 0 Å². The Morgan fingerprint density at radius 3 is 2.40 bits per heavy atom. The van der Waals surface area contributed by atoms with Crippen LogP contribution in [0.5, 0.6) is 5.75 Å². The van der Waals surface area contributed by atoms with Crippen LogP contribution in [0.2, 0.25) is 0 Å². The van der Waals surface area contributed by atoms with E-state index >= 15 is 0 Å². The van der Waals surface area contributed by atoms with Gasteiger partial charge in [0.2, 0.25) is 0 Å². The van der Waals surface area contributed by atoms with Crippen molar-refractivity contribution in [3.63, 3.8) is 0 Å². The van der Waals surface area contributed by atoms with Crippen molar-refractivity contribution in [2.45, 2.75) is 12.3 Å². The molecule has 0 aliphatic rings. The van der Waals surface area contributed by atoms with Crippen LogP contribution in [0.3, 0.4) is 0 Å². The van der Waals surface area contributed by atoms with Gasteiger partial charge >= 0.3 is 5.97 Å². The van der Waals surface area contributed by atoms with Crippen LogP contribution in [-0.2, 0) is 4.79 Å². The number of rotatable bonds is 4. The maximum atomic E-state index is 12.3. The summed E-state index contributed by atoms with van der Waals surface area (Å²) in [6.45, 7) is 1.31. The summed E-state index contributed by atoms with van der Waals surface area (Å²) in [6, 6.07) is 15.5. The van der Waals surface area contributed by atoms with Gasteiger partial charge in [-0.05, 0) is 17.7 Å². The van der Waals surface area contributed by atoms with Crippen molar-refractivity contribution in [1.29, 1.82) is 0 Å². The maximum absolute atomic E-state index is 12.3. The lowest BCUT2D eigenvalue weighted by Crippen LogP contribution is -2.08. The Labute approximate surface area is 122 Å². The molecule has 3 nitrogen and oxygen atoms in total. The Bertz CT molecular complexity index is 623. The molecule has 1 atom stereocenters. The Morgan fingerprint density at radius 1 is 1.05 bits per heavy atom. The fraction of sp³-hybridized carbons (Fsp3) is 0.125. The third-order valence-corrected chi connectivity index (χ3v) is 3.15. The first kappa shape index (κ1) is 14.3. The molecule has 102 valence electrons. The predicted octanol–water partition coefficient (Wildman–Crippen LogP) is 3.77. The van der Waals surface area contributed by atoms with Crippen LogP contribution in [0.1, 0.15) is 28.2 Å². The number of hydrogen-bond acceptors (Lipinski definition) is 3. The lowest BCUT2D eigenvalue weighted by molar-refractivity contribution is -0.131. The first-order valence-corrected chi connectivity index (χ1v) is 6.53. The average Bonchev–Trinajstić information content (AvgIpc) is 2.46. The van der Waals surface area contributed by atoms with Crippen molar-refractivity contribution in [2.75, 3.05) is 0 Å². The molecule has 0 N–H and O–H groups in total. The fourth-order valence-corrected chi connectivity index (χ4v) is 2.07. The van der Waals surface area contributed by atoms with Gasteiger partial charge in [-0.25, -0.2) is 0 Å². The lowest BCUT2D eigenvalue weighted by Gasteiger charge is -2.10. The molecule has 0 aliphatic carbocycles. The normalized spacial score (nSPS) is 11.7. The quantitative estimate of drug-likeness (QED) is 0.372. The molecule has 0 saturated carbocycles. The van der Waals surface area contributed by atoms with E-state index in [1.807, 2.05) is 18.2 Å². The Morgan fingerprint density at radius 2 is 1.75 bits per heavy atom. The fourth-order valence-electron chi connectivity index (χ4n) is 1.80. The third-order valence-electron chi connectivity index (χ3n) is 2.70. The van der Waals surface area contributed by atoms with Crippen LogP contribution in [0.15, 0.2) is 54.6 Å². The predicted molar refractivity (Wildman–Crippen MR) is 77.1 cm³/mol. The SMILES string of the molecule is CC(=O)Oc1cccc(C(=O)C(Cl)c2ccccc2)c1. The number of esters is 1. The van der Waals surface area contributed by atoms with Gasteiger partial charge in [-0.1, -0.05) is 42.5 Å². The summed E-state index contributed by atoms with van der Waals surface area (Å²) in [5.41, 5.74) is 1.14. The van der Waals surface area contributed by atoms with Gasteiger partial charge in [-0.15, -0.1) is 11.6 Å². The standard InChI is InChI=1S/C16H13ClO3/c1-11(18)20-14-9-5-8-13(10-14)16(19)15(17)12-6-3-2-4-7-12/h2-10,15H,1H3. The van der Waals surface area contributed by atoms with Crippen molar-refractivity contribution in [3.8, 4) is 5.75 Å². The van der Waals surface area contributed by atoms with Crippen LogP contribution < -0.4 is 4.74 Å². The minimum atomic E-state index is -0.760. The molecule has 0 spiro atoms. The highest BCUT2D eigenvalue weighted by Crippen LogP contribution is 2.26. The number of halogens is 1. The average molecular weight is 289 g/mol. The van der Waals surface area contributed by atoms with E-state index in [-0.39, 0.29) is 5.78 Å². The Hall–Kier alpha value is -2.13. The molecule has 4 heteroatoms. The molecular weight excluding hydrogens is 276 g/mol. The molecular formula is C16H13ClO3. The van der Waals surface area contributed by atoms with Crippen LogP contribution >= 0.6 is 11.6 Å². The topological polar surface area (TPSA) is 43.4 Å². The number of carbonyl (C=O) groups is 2. The first-order chi connectivity index (χ1) is 9.58. The second-order valence-corrected chi connectivity index (χ2v) is 4.70. The summed E-state index contributed by atoms with van der Waals surface area (Å²) in [6.07, 6.45) is 0. The Kier molecular flexibility index (Phi) is 4.53. The largest absolute Gasteiger partial charge is 0.427 e. The molecule has 1 unspecified atom stereocenters. The number of benzene rings is 2. The van der Waals surface area contributed by atoms with Gasteiger partial charge in [-0.3, -0.25) is 9.59 Å². The van der Waals surface area contributed by atoms with E-state index in [2.05, 4.69) is 0 Å². The minimum absolute atomic E-state index is 0.230. The van der Waals surface area contributed by atoms with Crippen LogP contribution in [-0.4, -0.2) is 11.8 Å². The first-order valence-electron chi connectivity index (χ1n) is 6.09. The number of hydrogen-bond donors (Lipinski definition) is 0.